The topological polar surface area (TPSA) is 54.9 Å². The van der Waals surface area contributed by atoms with Gasteiger partial charge in [-0.05, 0) is 0 Å². The first-order chi connectivity index (χ1) is 6.34. The van der Waals surface area contributed by atoms with Crippen LogP contribution in [0.15, 0.2) is 11.7 Å². The van der Waals surface area contributed by atoms with Crippen molar-refractivity contribution >= 4 is 33.3 Å². The maximum atomic E-state index is 11.1. The smallest absolute Gasteiger partial charge is 0.230 e. The van der Waals surface area contributed by atoms with Gasteiger partial charge in [0.05, 0.1) is 28.3 Å². The third-order valence-electron chi connectivity index (χ3n) is 2.07. The van der Waals surface area contributed by atoms with E-state index in [0.717, 1.165) is 15.8 Å². The molecule has 13 heavy (non-hydrogen) atoms. The second-order valence-electron chi connectivity index (χ2n) is 2.88. The zero-order valence-electron chi connectivity index (χ0n) is 6.57. The Labute approximate surface area is 77.6 Å². The van der Waals surface area contributed by atoms with Crippen LogP contribution in [-0.4, -0.2) is 15.9 Å². The molecule has 0 aromatic carbocycles. The lowest BCUT2D eigenvalue weighted by molar-refractivity contribution is -0.115. The van der Waals surface area contributed by atoms with Gasteiger partial charge in [-0.25, -0.2) is 9.97 Å². The van der Waals surface area contributed by atoms with E-state index in [1.807, 2.05) is 0 Å². The summed E-state index contributed by atoms with van der Waals surface area (Å²) in [6.45, 7) is 0. The molecule has 0 unspecified atom stereocenters. The van der Waals surface area contributed by atoms with Gasteiger partial charge in [0.2, 0.25) is 5.91 Å². The summed E-state index contributed by atoms with van der Waals surface area (Å²) in [7, 11) is 0. The van der Waals surface area contributed by atoms with E-state index in [9.17, 15) is 4.79 Å². The highest BCUT2D eigenvalue weighted by Gasteiger charge is 2.21. The maximum absolute atomic E-state index is 11.1. The Balaban J connectivity index is 2.40. The Kier molecular flexibility index (Phi) is 1.21. The second kappa shape index (κ2) is 2.26. The van der Waals surface area contributed by atoms with Crippen LogP contribution in [0.5, 0.6) is 0 Å². The van der Waals surface area contributed by atoms with E-state index in [0.29, 0.717) is 12.2 Å². The minimum atomic E-state index is 0.0170. The standard InChI is InChI=1S/C8H5N3OS/c12-6-1-4-7-5(10-3-13-7)2-9-8(4)11-6/h2-3H,1H2,(H,9,11,12). The SMILES string of the molecule is O=C1Cc2c(ncc3ncsc23)N1. The highest BCUT2D eigenvalue weighted by atomic mass is 32.1. The number of amides is 1. The number of thiazole rings is 1. The highest BCUT2D eigenvalue weighted by molar-refractivity contribution is 7.17. The van der Waals surface area contributed by atoms with Crippen molar-refractivity contribution < 1.29 is 4.79 Å². The molecule has 0 saturated heterocycles. The van der Waals surface area contributed by atoms with Crippen LogP contribution in [0.25, 0.3) is 10.2 Å². The number of pyridine rings is 1. The number of anilines is 1. The van der Waals surface area contributed by atoms with Crippen molar-refractivity contribution in [3.05, 3.63) is 17.3 Å². The Bertz CT molecular complexity index is 505. The molecule has 2 aromatic heterocycles. The molecule has 2 aromatic rings. The van der Waals surface area contributed by atoms with Gasteiger partial charge in [-0.2, -0.15) is 0 Å². The number of fused-ring (bicyclic) bond motifs is 3. The molecule has 64 valence electrons. The van der Waals surface area contributed by atoms with E-state index in [1.54, 1.807) is 23.0 Å². The van der Waals surface area contributed by atoms with Gasteiger partial charge in [0, 0.05) is 5.56 Å². The molecule has 0 saturated carbocycles. The maximum Gasteiger partial charge on any atom is 0.230 e. The molecule has 0 atom stereocenters. The molecule has 3 heterocycles. The van der Waals surface area contributed by atoms with Gasteiger partial charge in [0.25, 0.3) is 0 Å². The first-order valence-corrected chi connectivity index (χ1v) is 4.73. The van der Waals surface area contributed by atoms with Crippen LogP contribution in [0.4, 0.5) is 5.82 Å². The molecule has 5 heteroatoms. The fraction of sp³-hybridized carbons (Fsp3) is 0.125. The van der Waals surface area contributed by atoms with Crippen LogP contribution in [-0.2, 0) is 11.2 Å². The highest BCUT2D eigenvalue weighted by Crippen LogP contribution is 2.30. The van der Waals surface area contributed by atoms with Gasteiger partial charge >= 0.3 is 0 Å². The Morgan fingerprint density at radius 2 is 2.38 bits per heavy atom. The van der Waals surface area contributed by atoms with Crippen molar-refractivity contribution in [2.24, 2.45) is 0 Å². The van der Waals surface area contributed by atoms with Crippen molar-refractivity contribution in [1.29, 1.82) is 0 Å². The lowest BCUT2D eigenvalue weighted by atomic mass is 10.2. The molecule has 0 aliphatic carbocycles. The van der Waals surface area contributed by atoms with Crippen LogP contribution in [0, 0.1) is 0 Å². The van der Waals surface area contributed by atoms with Gasteiger partial charge in [-0.1, -0.05) is 0 Å². The van der Waals surface area contributed by atoms with E-state index in [2.05, 4.69) is 15.3 Å². The minimum Gasteiger partial charge on any atom is -0.310 e. The molecule has 0 spiro atoms. The van der Waals surface area contributed by atoms with E-state index < -0.39 is 0 Å². The second-order valence-corrected chi connectivity index (χ2v) is 3.73. The van der Waals surface area contributed by atoms with Crippen molar-refractivity contribution in [3.8, 4) is 0 Å². The molecule has 0 fully saturated rings. The molecule has 0 bridgehead atoms. The number of carbonyl (C=O) groups is 1. The third kappa shape index (κ3) is 0.874. The molecule has 1 amide bonds. The van der Waals surface area contributed by atoms with E-state index in [-0.39, 0.29) is 5.91 Å². The van der Waals surface area contributed by atoms with Gasteiger partial charge in [0.15, 0.2) is 0 Å². The zero-order valence-corrected chi connectivity index (χ0v) is 7.39. The summed E-state index contributed by atoms with van der Waals surface area (Å²) in [5.74, 6) is 0.713. The van der Waals surface area contributed by atoms with Crippen molar-refractivity contribution in [1.82, 2.24) is 9.97 Å². The lowest BCUT2D eigenvalue weighted by Crippen LogP contribution is -2.04. The van der Waals surface area contributed by atoms with Crippen molar-refractivity contribution in [2.45, 2.75) is 6.42 Å². The van der Waals surface area contributed by atoms with Gasteiger partial charge in [0.1, 0.15) is 5.82 Å². The number of hydrogen-bond donors (Lipinski definition) is 1. The first kappa shape index (κ1) is 6.97. The summed E-state index contributed by atoms with van der Waals surface area (Å²) < 4.78 is 1.07. The number of aromatic nitrogens is 2. The zero-order chi connectivity index (χ0) is 8.84. The number of nitrogens with one attached hydrogen (secondary N) is 1. The van der Waals surface area contributed by atoms with Crippen molar-refractivity contribution in [2.75, 3.05) is 5.32 Å². The Hall–Kier alpha value is -1.49. The van der Waals surface area contributed by atoms with Gasteiger partial charge < -0.3 is 5.32 Å². The Morgan fingerprint density at radius 3 is 3.31 bits per heavy atom. The summed E-state index contributed by atoms with van der Waals surface area (Å²) in [5, 5.41) is 2.71. The van der Waals surface area contributed by atoms with Crippen LogP contribution < -0.4 is 5.32 Å². The molecule has 1 aliphatic heterocycles. The van der Waals surface area contributed by atoms with E-state index in [1.165, 1.54) is 0 Å². The number of nitrogens with zero attached hydrogens (tertiary/aromatic N) is 2. The molecule has 3 rings (SSSR count). The lowest BCUT2D eigenvalue weighted by Gasteiger charge is -1.95. The van der Waals surface area contributed by atoms with Crippen LogP contribution in [0.2, 0.25) is 0 Å². The first-order valence-electron chi connectivity index (χ1n) is 3.85. The number of carbonyl (C=O) groups excluding carboxylic acids is 1. The third-order valence-corrected chi connectivity index (χ3v) is 2.97. The number of rotatable bonds is 0. The largest absolute Gasteiger partial charge is 0.310 e. The predicted molar refractivity (Wildman–Crippen MR) is 49.7 cm³/mol. The summed E-state index contributed by atoms with van der Waals surface area (Å²) in [6, 6.07) is 0. The molecule has 4 nitrogen and oxygen atoms in total. The average Bonchev–Trinajstić information content (AvgIpc) is 2.65. The van der Waals surface area contributed by atoms with Crippen LogP contribution in [0.1, 0.15) is 5.56 Å². The summed E-state index contributed by atoms with van der Waals surface area (Å²) in [4.78, 5) is 19.4. The van der Waals surface area contributed by atoms with E-state index >= 15 is 0 Å². The normalized spacial score (nSPS) is 14.6. The average molecular weight is 191 g/mol. The molecular formula is C8H5N3OS. The van der Waals surface area contributed by atoms with Crippen LogP contribution in [0.3, 0.4) is 0 Å². The summed E-state index contributed by atoms with van der Waals surface area (Å²) in [5.41, 5.74) is 3.64. The Morgan fingerprint density at radius 1 is 1.46 bits per heavy atom. The summed E-state index contributed by atoms with van der Waals surface area (Å²) in [6.07, 6.45) is 2.12. The quantitative estimate of drug-likeness (QED) is 0.680. The molecule has 0 radical (unpaired) electrons. The molecule has 1 aliphatic rings. The number of hydrogen-bond acceptors (Lipinski definition) is 4. The summed E-state index contributed by atoms with van der Waals surface area (Å²) >= 11 is 1.55. The van der Waals surface area contributed by atoms with Gasteiger partial charge in [-0.15, -0.1) is 11.3 Å². The van der Waals surface area contributed by atoms with E-state index in [4.69, 9.17) is 0 Å². The van der Waals surface area contributed by atoms with Crippen molar-refractivity contribution in [3.63, 3.8) is 0 Å². The van der Waals surface area contributed by atoms with Crippen LogP contribution >= 0.6 is 11.3 Å². The minimum absolute atomic E-state index is 0.0170. The monoisotopic (exact) mass is 191 g/mol. The fourth-order valence-corrected chi connectivity index (χ4v) is 2.30. The molecule has 1 N–H and O–H groups in total. The van der Waals surface area contributed by atoms with Gasteiger partial charge in [-0.3, -0.25) is 4.79 Å². The predicted octanol–water partition coefficient (Wildman–Crippen LogP) is 1.19. The molecular weight excluding hydrogens is 186 g/mol. The fourth-order valence-electron chi connectivity index (χ4n) is 1.49.